The van der Waals surface area contributed by atoms with Gasteiger partial charge in [0, 0.05) is 5.56 Å². The van der Waals surface area contributed by atoms with Gasteiger partial charge in [0.2, 0.25) is 5.91 Å². The standard InChI is InChI=1S/C23H19FN4OS/c24-19-13-11-18(12-14-19)22-26-27-23(28(22)15-16-7-3-1-4-8-16)30-20(21(25)29)17-9-5-2-6-10-17/h1-14,20H,15H2,(H2,25,29). The fourth-order valence-electron chi connectivity index (χ4n) is 3.12. The average Bonchev–Trinajstić information content (AvgIpc) is 3.16. The van der Waals surface area contributed by atoms with Crippen molar-refractivity contribution in [2.75, 3.05) is 0 Å². The van der Waals surface area contributed by atoms with Crippen LogP contribution >= 0.6 is 11.8 Å². The second kappa shape index (κ2) is 8.92. The van der Waals surface area contributed by atoms with Crippen LogP contribution in [0.1, 0.15) is 16.4 Å². The molecule has 30 heavy (non-hydrogen) atoms. The fourth-order valence-corrected chi connectivity index (χ4v) is 4.11. The molecule has 0 aliphatic heterocycles. The largest absolute Gasteiger partial charge is 0.368 e. The van der Waals surface area contributed by atoms with Gasteiger partial charge in [-0.25, -0.2) is 4.39 Å². The van der Waals surface area contributed by atoms with Gasteiger partial charge < -0.3 is 5.73 Å². The average molecular weight is 418 g/mol. The second-order valence-electron chi connectivity index (χ2n) is 6.70. The van der Waals surface area contributed by atoms with Crippen molar-refractivity contribution in [1.82, 2.24) is 14.8 Å². The predicted octanol–water partition coefficient (Wildman–Crippen LogP) is 4.45. The maximum Gasteiger partial charge on any atom is 0.235 e. The molecule has 5 nitrogen and oxygen atoms in total. The van der Waals surface area contributed by atoms with Crippen LogP contribution in [0, 0.1) is 5.82 Å². The van der Waals surface area contributed by atoms with Crippen LogP contribution in [-0.4, -0.2) is 20.7 Å². The van der Waals surface area contributed by atoms with Crippen LogP contribution in [0.2, 0.25) is 0 Å². The maximum absolute atomic E-state index is 13.4. The van der Waals surface area contributed by atoms with E-state index in [-0.39, 0.29) is 5.82 Å². The molecule has 1 aromatic heterocycles. The van der Waals surface area contributed by atoms with Crippen LogP contribution in [0.5, 0.6) is 0 Å². The highest BCUT2D eigenvalue weighted by Gasteiger charge is 2.24. The number of nitrogens with two attached hydrogens (primary N) is 1. The summed E-state index contributed by atoms with van der Waals surface area (Å²) >= 11 is 1.26. The van der Waals surface area contributed by atoms with Gasteiger partial charge in [-0.3, -0.25) is 9.36 Å². The Hall–Kier alpha value is -3.45. The summed E-state index contributed by atoms with van der Waals surface area (Å²) in [5.74, 6) is -0.179. The molecule has 0 saturated heterocycles. The lowest BCUT2D eigenvalue weighted by molar-refractivity contribution is -0.117. The number of nitrogens with zero attached hydrogens (tertiary/aromatic N) is 3. The van der Waals surface area contributed by atoms with Gasteiger partial charge >= 0.3 is 0 Å². The highest BCUT2D eigenvalue weighted by molar-refractivity contribution is 8.00. The Balaban J connectivity index is 1.75. The lowest BCUT2D eigenvalue weighted by atomic mass is 10.1. The predicted molar refractivity (Wildman–Crippen MR) is 115 cm³/mol. The highest BCUT2D eigenvalue weighted by Crippen LogP contribution is 2.36. The Morgan fingerprint density at radius 3 is 2.20 bits per heavy atom. The third kappa shape index (κ3) is 4.41. The third-order valence-electron chi connectivity index (χ3n) is 4.59. The van der Waals surface area contributed by atoms with Crippen molar-refractivity contribution >= 4 is 17.7 Å². The second-order valence-corrected chi connectivity index (χ2v) is 7.77. The Morgan fingerprint density at radius 1 is 0.933 bits per heavy atom. The molecule has 4 rings (SSSR count). The van der Waals surface area contributed by atoms with Gasteiger partial charge in [-0.05, 0) is 35.4 Å². The molecule has 1 atom stereocenters. The van der Waals surface area contributed by atoms with Crippen LogP contribution in [-0.2, 0) is 11.3 Å². The minimum absolute atomic E-state index is 0.319. The van der Waals surface area contributed by atoms with E-state index < -0.39 is 11.2 Å². The van der Waals surface area contributed by atoms with Gasteiger partial charge in [0.1, 0.15) is 11.1 Å². The quantitative estimate of drug-likeness (QED) is 0.450. The molecule has 0 fully saturated rings. The van der Waals surface area contributed by atoms with Crippen LogP contribution in [0.4, 0.5) is 4.39 Å². The summed E-state index contributed by atoms with van der Waals surface area (Å²) in [6.45, 7) is 0.503. The van der Waals surface area contributed by atoms with E-state index >= 15 is 0 Å². The zero-order valence-electron chi connectivity index (χ0n) is 16.0. The minimum Gasteiger partial charge on any atom is -0.368 e. The van der Waals surface area contributed by atoms with Crippen molar-refractivity contribution in [3.8, 4) is 11.4 Å². The molecule has 0 aliphatic carbocycles. The number of aromatic nitrogens is 3. The van der Waals surface area contributed by atoms with E-state index in [2.05, 4.69) is 10.2 Å². The van der Waals surface area contributed by atoms with Crippen LogP contribution in [0.25, 0.3) is 11.4 Å². The first-order chi connectivity index (χ1) is 14.6. The van der Waals surface area contributed by atoms with E-state index in [0.29, 0.717) is 17.5 Å². The van der Waals surface area contributed by atoms with E-state index in [0.717, 1.165) is 16.7 Å². The molecule has 150 valence electrons. The van der Waals surface area contributed by atoms with Crippen molar-refractivity contribution in [1.29, 1.82) is 0 Å². The Labute approximate surface area is 177 Å². The lowest BCUT2D eigenvalue weighted by Crippen LogP contribution is -2.19. The normalized spacial score (nSPS) is 11.9. The number of thioether (sulfide) groups is 1. The molecule has 4 aromatic rings. The first-order valence-electron chi connectivity index (χ1n) is 9.36. The molecule has 0 saturated carbocycles. The van der Waals surface area contributed by atoms with Crippen molar-refractivity contribution in [3.05, 3.63) is 102 Å². The summed E-state index contributed by atoms with van der Waals surface area (Å²) in [5.41, 5.74) is 8.29. The molecule has 3 aromatic carbocycles. The molecule has 1 heterocycles. The molecule has 2 N–H and O–H groups in total. The molecular formula is C23H19FN4OS. The summed E-state index contributed by atoms with van der Waals surface area (Å²) in [6.07, 6.45) is 0. The third-order valence-corrected chi connectivity index (χ3v) is 5.84. The summed E-state index contributed by atoms with van der Waals surface area (Å²) in [7, 11) is 0. The van der Waals surface area contributed by atoms with Crippen molar-refractivity contribution in [2.24, 2.45) is 5.73 Å². The maximum atomic E-state index is 13.4. The molecule has 0 aliphatic rings. The summed E-state index contributed by atoms with van der Waals surface area (Å²) < 4.78 is 15.3. The van der Waals surface area contributed by atoms with E-state index in [4.69, 9.17) is 5.73 Å². The minimum atomic E-state index is -0.606. The summed E-state index contributed by atoms with van der Waals surface area (Å²) in [6, 6.07) is 25.3. The van der Waals surface area contributed by atoms with Crippen LogP contribution in [0.3, 0.4) is 0 Å². The summed E-state index contributed by atoms with van der Waals surface area (Å²) in [5, 5.41) is 8.62. The van der Waals surface area contributed by atoms with Gasteiger partial charge in [-0.1, -0.05) is 72.4 Å². The van der Waals surface area contributed by atoms with Gasteiger partial charge in [0.05, 0.1) is 6.54 Å². The zero-order chi connectivity index (χ0) is 20.9. The Morgan fingerprint density at radius 2 is 1.57 bits per heavy atom. The molecule has 0 radical (unpaired) electrons. The van der Waals surface area contributed by atoms with Gasteiger partial charge in [-0.2, -0.15) is 0 Å². The monoisotopic (exact) mass is 418 g/mol. The first-order valence-corrected chi connectivity index (χ1v) is 10.2. The number of primary amides is 1. The number of hydrogen-bond acceptors (Lipinski definition) is 4. The smallest absolute Gasteiger partial charge is 0.235 e. The van der Waals surface area contributed by atoms with Crippen molar-refractivity contribution < 1.29 is 9.18 Å². The Bertz CT molecular complexity index is 1130. The van der Waals surface area contributed by atoms with E-state index in [9.17, 15) is 9.18 Å². The fraction of sp³-hybridized carbons (Fsp3) is 0.0870. The van der Waals surface area contributed by atoms with E-state index in [1.165, 1.54) is 23.9 Å². The number of benzene rings is 3. The van der Waals surface area contributed by atoms with Crippen molar-refractivity contribution in [3.63, 3.8) is 0 Å². The number of carbonyl (C=O) groups is 1. The Kier molecular flexibility index (Phi) is 5.90. The molecule has 0 bridgehead atoms. The summed E-state index contributed by atoms with van der Waals surface area (Å²) in [4.78, 5) is 12.2. The van der Waals surface area contributed by atoms with Crippen molar-refractivity contribution in [2.45, 2.75) is 17.0 Å². The zero-order valence-corrected chi connectivity index (χ0v) is 16.8. The van der Waals surface area contributed by atoms with Crippen LogP contribution < -0.4 is 5.73 Å². The topological polar surface area (TPSA) is 73.8 Å². The SMILES string of the molecule is NC(=O)C(Sc1nnc(-c2ccc(F)cc2)n1Cc1ccccc1)c1ccccc1. The lowest BCUT2D eigenvalue weighted by Gasteiger charge is -2.15. The molecule has 7 heteroatoms. The molecule has 1 amide bonds. The number of hydrogen-bond donors (Lipinski definition) is 1. The first kappa shape index (κ1) is 19.8. The van der Waals surface area contributed by atoms with Gasteiger partial charge in [-0.15, -0.1) is 10.2 Å². The van der Waals surface area contributed by atoms with E-state index in [1.807, 2.05) is 65.2 Å². The number of carbonyl (C=O) groups excluding carboxylic acids is 1. The van der Waals surface area contributed by atoms with Crippen LogP contribution in [0.15, 0.2) is 90.1 Å². The molecule has 1 unspecified atom stereocenters. The number of halogens is 1. The number of amides is 1. The highest BCUT2D eigenvalue weighted by atomic mass is 32.2. The van der Waals surface area contributed by atoms with Gasteiger partial charge in [0.25, 0.3) is 0 Å². The van der Waals surface area contributed by atoms with Gasteiger partial charge in [0.15, 0.2) is 11.0 Å². The molecule has 0 spiro atoms. The molecular weight excluding hydrogens is 399 g/mol. The van der Waals surface area contributed by atoms with E-state index in [1.54, 1.807) is 12.1 Å². The number of rotatable bonds is 7.